The highest BCUT2D eigenvalue weighted by molar-refractivity contribution is 6.33. The molecular formula is C25H19NO4. The zero-order valence-corrected chi connectivity index (χ0v) is 16.4. The van der Waals surface area contributed by atoms with Crippen LogP contribution >= 0.6 is 0 Å². The Kier molecular flexibility index (Phi) is 4.36. The third-order valence-electron chi connectivity index (χ3n) is 5.30. The van der Waals surface area contributed by atoms with Gasteiger partial charge in [0.1, 0.15) is 0 Å². The normalized spacial score (nSPS) is 16.2. The number of benzene rings is 3. The van der Waals surface area contributed by atoms with E-state index in [1.165, 1.54) is 4.90 Å². The van der Waals surface area contributed by atoms with Gasteiger partial charge in [0.25, 0.3) is 11.8 Å². The Morgan fingerprint density at radius 3 is 2.50 bits per heavy atom. The average Bonchev–Trinajstić information content (AvgIpc) is 3.22. The quantitative estimate of drug-likeness (QED) is 0.484. The first-order chi connectivity index (χ1) is 14.6. The van der Waals surface area contributed by atoms with Crippen molar-refractivity contribution in [2.75, 3.05) is 6.79 Å². The summed E-state index contributed by atoms with van der Waals surface area (Å²) in [6.07, 6.45) is 1.85. The summed E-state index contributed by atoms with van der Waals surface area (Å²) in [5, 5.41) is 0. The van der Waals surface area contributed by atoms with Crippen LogP contribution in [-0.2, 0) is 11.3 Å². The standard InChI is InChI=1S/C25H19NO4/c1-16-5-4-6-17(11-16)12-21-19-7-2-3-8-20(19)24(27)26(25(21)28)14-18-9-10-22-23(13-18)30-15-29-22/h2-13H,14-15H2,1H3/b21-12+. The second kappa shape index (κ2) is 7.19. The molecule has 5 nitrogen and oxygen atoms in total. The van der Waals surface area contributed by atoms with Gasteiger partial charge in [0.05, 0.1) is 6.54 Å². The molecule has 0 unspecified atom stereocenters. The highest BCUT2D eigenvalue weighted by atomic mass is 16.7. The molecule has 0 saturated carbocycles. The van der Waals surface area contributed by atoms with Crippen LogP contribution in [-0.4, -0.2) is 23.5 Å². The summed E-state index contributed by atoms with van der Waals surface area (Å²) >= 11 is 0. The number of hydrogen-bond acceptors (Lipinski definition) is 4. The van der Waals surface area contributed by atoms with Gasteiger partial charge >= 0.3 is 0 Å². The summed E-state index contributed by atoms with van der Waals surface area (Å²) in [7, 11) is 0. The minimum absolute atomic E-state index is 0.161. The lowest BCUT2D eigenvalue weighted by Crippen LogP contribution is -2.41. The van der Waals surface area contributed by atoms with Gasteiger partial charge in [-0.25, -0.2) is 0 Å². The molecular weight excluding hydrogens is 378 g/mol. The van der Waals surface area contributed by atoms with Crippen molar-refractivity contribution in [1.82, 2.24) is 4.90 Å². The van der Waals surface area contributed by atoms with Gasteiger partial charge in [-0.15, -0.1) is 0 Å². The Morgan fingerprint density at radius 1 is 0.867 bits per heavy atom. The third kappa shape index (κ3) is 3.14. The van der Waals surface area contributed by atoms with E-state index in [-0.39, 0.29) is 25.2 Å². The van der Waals surface area contributed by atoms with Gasteiger partial charge in [-0.1, -0.05) is 54.1 Å². The third-order valence-corrected chi connectivity index (χ3v) is 5.30. The highest BCUT2D eigenvalue weighted by Gasteiger charge is 2.34. The Hall–Kier alpha value is -3.86. The molecule has 2 heterocycles. The van der Waals surface area contributed by atoms with Crippen LogP contribution in [0.2, 0.25) is 0 Å². The summed E-state index contributed by atoms with van der Waals surface area (Å²) < 4.78 is 10.8. The second-order valence-electron chi connectivity index (χ2n) is 7.40. The maximum Gasteiger partial charge on any atom is 0.261 e. The SMILES string of the molecule is Cc1cccc(/C=C2/C(=O)N(Cc3ccc4c(c3)OCO4)C(=O)c3ccccc32)c1. The van der Waals surface area contributed by atoms with Crippen LogP contribution in [0, 0.1) is 6.92 Å². The fraction of sp³-hybridized carbons (Fsp3) is 0.120. The van der Waals surface area contributed by atoms with Gasteiger partial charge in [-0.3, -0.25) is 14.5 Å². The zero-order valence-electron chi connectivity index (χ0n) is 16.4. The lowest BCUT2D eigenvalue weighted by molar-refractivity contribution is -0.123. The number of ether oxygens (including phenoxy) is 2. The Balaban J connectivity index is 1.56. The van der Waals surface area contributed by atoms with Crippen LogP contribution in [0.3, 0.4) is 0 Å². The molecule has 0 saturated heterocycles. The Bertz CT molecular complexity index is 1210. The van der Waals surface area contributed by atoms with E-state index < -0.39 is 0 Å². The number of imide groups is 1. The van der Waals surface area contributed by atoms with Crippen molar-refractivity contribution in [3.8, 4) is 11.5 Å². The number of fused-ring (bicyclic) bond motifs is 2. The van der Waals surface area contributed by atoms with E-state index in [2.05, 4.69) is 0 Å². The van der Waals surface area contributed by atoms with Gasteiger partial charge < -0.3 is 9.47 Å². The molecule has 2 aliphatic heterocycles. The van der Waals surface area contributed by atoms with E-state index in [1.807, 2.05) is 67.6 Å². The maximum absolute atomic E-state index is 13.4. The minimum atomic E-state index is -0.308. The van der Waals surface area contributed by atoms with Crippen LogP contribution in [0.25, 0.3) is 11.6 Å². The van der Waals surface area contributed by atoms with Crippen molar-refractivity contribution in [1.29, 1.82) is 0 Å². The molecule has 0 radical (unpaired) electrons. The smallest absolute Gasteiger partial charge is 0.261 e. The molecule has 148 valence electrons. The fourth-order valence-corrected chi connectivity index (χ4v) is 3.83. The summed E-state index contributed by atoms with van der Waals surface area (Å²) in [6, 6.07) is 20.6. The van der Waals surface area contributed by atoms with E-state index in [0.717, 1.165) is 16.7 Å². The maximum atomic E-state index is 13.4. The summed E-state index contributed by atoms with van der Waals surface area (Å²) in [6.45, 7) is 2.35. The van der Waals surface area contributed by atoms with Crippen LogP contribution in [0.1, 0.15) is 32.6 Å². The lowest BCUT2D eigenvalue weighted by atomic mass is 9.91. The summed E-state index contributed by atoms with van der Waals surface area (Å²) in [4.78, 5) is 27.8. The first kappa shape index (κ1) is 18.2. The largest absolute Gasteiger partial charge is 0.454 e. The predicted molar refractivity (Wildman–Crippen MR) is 113 cm³/mol. The molecule has 0 bridgehead atoms. The van der Waals surface area contributed by atoms with E-state index in [4.69, 9.17) is 9.47 Å². The molecule has 0 spiro atoms. The van der Waals surface area contributed by atoms with E-state index >= 15 is 0 Å². The average molecular weight is 397 g/mol. The predicted octanol–water partition coefficient (Wildman–Crippen LogP) is 4.45. The summed E-state index contributed by atoms with van der Waals surface area (Å²) in [5.74, 6) is 0.688. The van der Waals surface area contributed by atoms with Gasteiger partial charge in [0.15, 0.2) is 11.5 Å². The molecule has 3 aromatic rings. The molecule has 5 heteroatoms. The van der Waals surface area contributed by atoms with E-state index in [1.54, 1.807) is 12.1 Å². The van der Waals surface area contributed by atoms with Gasteiger partial charge in [0.2, 0.25) is 6.79 Å². The molecule has 0 aliphatic carbocycles. The molecule has 3 aromatic carbocycles. The Morgan fingerprint density at radius 2 is 1.67 bits per heavy atom. The summed E-state index contributed by atoms with van der Waals surface area (Å²) in [5.41, 5.74) is 4.53. The molecule has 0 aromatic heterocycles. The van der Waals surface area contributed by atoms with Crippen molar-refractivity contribution in [3.63, 3.8) is 0 Å². The number of carbonyl (C=O) groups excluding carboxylic acids is 2. The number of rotatable bonds is 3. The Labute approximate surface area is 174 Å². The van der Waals surface area contributed by atoms with E-state index in [0.29, 0.717) is 28.2 Å². The topological polar surface area (TPSA) is 55.8 Å². The van der Waals surface area contributed by atoms with Gasteiger partial charge in [-0.2, -0.15) is 0 Å². The number of hydrogen-bond donors (Lipinski definition) is 0. The van der Waals surface area contributed by atoms with Crippen molar-refractivity contribution < 1.29 is 19.1 Å². The van der Waals surface area contributed by atoms with E-state index in [9.17, 15) is 9.59 Å². The zero-order chi connectivity index (χ0) is 20.7. The lowest BCUT2D eigenvalue weighted by Gasteiger charge is -2.29. The van der Waals surface area contributed by atoms with Crippen molar-refractivity contribution in [2.45, 2.75) is 13.5 Å². The number of carbonyl (C=O) groups is 2. The number of amides is 2. The van der Waals surface area contributed by atoms with Crippen molar-refractivity contribution >= 4 is 23.5 Å². The number of nitrogens with zero attached hydrogens (tertiary/aromatic N) is 1. The van der Waals surface area contributed by atoms with Crippen molar-refractivity contribution in [2.24, 2.45) is 0 Å². The highest BCUT2D eigenvalue weighted by Crippen LogP contribution is 2.35. The molecule has 2 amide bonds. The molecule has 0 fully saturated rings. The monoisotopic (exact) mass is 397 g/mol. The van der Waals surface area contributed by atoms with Gasteiger partial charge in [-0.05, 0) is 47.9 Å². The first-order valence-electron chi connectivity index (χ1n) is 9.72. The molecule has 0 atom stereocenters. The second-order valence-corrected chi connectivity index (χ2v) is 7.40. The molecule has 2 aliphatic rings. The number of aryl methyl sites for hydroxylation is 1. The van der Waals surface area contributed by atoms with Crippen LogP contribution in [0.15, 0.2) is 66.7 Å². The molecule has 5 rings (SSSR count). The first-order valence-corrected chi connectivity index (χ1v) is 9.72. The minimum Gasteiger partial charge on any atom is -0.454 e. The van der Waals surface area contributed by atoms with Crippen molar-refractivity contribution in [3.05, 3.63) is 94.5 Å². The van der Waals surface area contributed by atoms with Crippen LogP contribution in [0.4, 0.5) is 0 Å². The van der Waals surface area contributed by atoms with Crippen LogP contribution in [0.5, 0.6) is 11.5 Å². The molecule has 0 N–H and O–H groups in total. The fourth-order valence-electron chi connectivity index (χ4n) is 3.83. The molecule has 30 heavy (non-hydrogen) atoms. The van der Waals surface area contributed by atoms with Crippen LogP contribution < -0.4 is 9.47 Å². The van der Waals surface area contributed by atoms with Gasteiger partial charge in [0, 0.05) is 11.1 Å².